The summed E-state index contributed by atoms with van der Waals surface area (Å²) >= 11 is 0. The van der Waals surface area contributed by atoms with Crippen molar-refractivity contribution in [3.63, 3.8) is 0 Å². The second kappa shape index (κ2) is 3.37. The van der Waals surface area contributed by atoms with Crippen molar-refractivity contribution in [1.82, 2.24) is 4.98 Å². The van der Waals surface area contributed by atoms with Gasteiger partial charge in [0.1, 0.15) is 5.82 Å². The van der Waals surface area contributed by atoms with Gasteiger partial charge in [-0.25, -0.2) is 17.8 Å². The van der Waals surface area contributed by atoms with Crippen LogP contribution in [0.2, 0.25) is 0 Å². The van der Waals surface area contributed by atoms with Gasteiger partial charge in [0.25, 0.3) is 0 Å². The van der Waals surface area contributed by atoms with E-state index in [1.54, 1.807) is 0 Å². The van der Waals surface area contributed by atoms with Crippen LogP contribution in [0.15, 0.2) is 12.3 Å². The van der Waals surface area contributed by atoms with Crippen molar-refractivity contribution in [2.45, 2.75) is 5.75 Å². The minimum Gasteiger partial charge on any atom is -0.229 e. The SMILES string of the molecule is CS(=O)(=O)Cc1cc(F)cnc1F. The van der Waals surface area contributed by atoms with E-state index in [4.69, 9.17) is 0 Å². The van der Waals surface area contributed by atoms with Gasteiger partial charge in [-0.2, -0.15) is 4.39 Å². The van der Waals surface area contributed by atoms with Crippen LogP contribution in [0.25, 0.3) is 0 Å². The zero-order chi connectivity index (χ0) is 10.1. The highest BCUT2D eigenvalue weighted by Gasteiger charge is 2.11. The molecule has 13 heavy (non-hydrogen) atoms. The average Bonchev–Trinajstić information content (AvgIpc) is 1.94. The van der Waals surface area contributed by atoms with Gasteiger partial charge in [0, 0.05) is 11.8 Å². The minimum atomic E-state index is -3.36. The number of nitrogens with zero attached hydrogens (tertiary/aromatic N) is 1. The fraction of sp³-hybridized carbons (Fsp3) is 0.286. The minimum absolute atomic E-state index is 0.248. The molecule has 0 aromatic carbocycles. The first-order valence-corrected chi connectivity index (χ1v) is 5.42. The van der Waals surface area contributed by atoms with Crippen LogP contribution in [-0.2, 0) is 15.6 Å². The lowest BCUT2D eigenvalue weighted by molar-refractivity contribution is 0.546. The predicted octanol–water partition coefficient (Wildman–Crippen LogP) is 0.904. The summed E-state index contributed by atoms with van der Waals surface area (Å²) in [6, 6.07) is 0.823. The van der Waals surface area contributed by atoms with Crippen molar-refractivity contribution in [3.8, 4) is 0 Å². The highest BCUT2D eigenvalue weighted by atomic mass is 32.2. The fourth-order valence-corrected chi connectivity index (χ4v) is 1.62. The van der Waals surface area contributed by atoms with E-state index in [0.717, 1.165) is 12.3 Å². The molecule has 6 heteroatoms. The maximum Gasteiger partial charge on any atom is 0.217 e. The number of aromatic nitrogens is 1. The number of hydrogen-bond donors (Lipinski definition) is 0. The summed E-state index contributed by atoms with van der Waals surface area (Å²) in [6.45, 7) is 0. The fourth-order valence-electron chi connectivity index (χ4n) is 0.848. The number of pyridine rings is 1. The van der Waals surface area contributed by atoms with Crippen LogP contribution in [0.3, 0.4) is 0 Å². The topological polar surface area (TPSA) is 47.0 Å². The molecule has 0 unspecified atom stereocenters. The van der Waals surface area contributed by atoms with Gasteiger partial charge in [0.2, 0.25) is 5.95 Å². The molecule has 0 aliphatic carbocycles. The summed E-state index contributed by atoms with van der Waals surface area (Å²) in [4.78, 5) is 3.06. The van der Waals surface area contributed by atoms with E-state index in [0.29, 0.717) is 6.20 Å². The van der Waals surface area contributed by atoms with Crippen LogP contribution in [0, 0.1) is 11.8 Å². The summed E-state index contributed by atoms with van der Waals surface area (Å²) in [7, 11) is -3.36. The molecule has 0 aliphatic rings. The van der Waals surface area contributed by atoms with Gasteiger partial charge in [-0.3, -0.25) is 0 Å². The van der Waals surface area contributed by atoms with E-state index in [1.165, 1.54) is 0 Å². The molecule has 1 aromatic rings. The molecule has 0 amide bonds. The lowest BCUT2D eigenvalue weighted by Gasteiger charge is -1.99. The molecule has 0 aliphatic heterocycles. The first-order valence-electron chi connectivity index (χ1n) is 3.36. The Balaban J connectivity index is 3.08. The highest BCUT2D eigenvalue weighted by Crippen LogP contribution is 2.09. The Bertz CT molecular complexity index is 417. The Kier molecular flexibility index (Phi) is 2.60. The monoisotopic (exact) mass is 207 g/mol. The first-order chi connectivity index (χ1) is 5.88. The molecule has 1 aromatic heterocycles. The molecular formula is C7H7F2NO2S. The number of rotatable bonds is 2. The third-order valence-electron chi connectivity index (χ3n) is 1.30. The van der Waals surface area contributed by atoms with E-state index < -0.39 is 27.4 Å². The standard InChI is InChI=1S/C7H7F2NO2S/c1-13(11,12)4-5-2-6(8)3-10-7(5)9/h2-3H,4H2,1H3. The third-order valence-corrected chi connectivity index (χ3v) is 2.13. The Hall–Kier alpha value is -1.04. The molecule has 0 N–H and O–H groups in total. The molecule has 0 spiro atoms. The lowest BCUT2D eigenvalue weighted by Crippen LogP contribution is -2.04. The molecule has 72 valence electrons. The van der Waals surface area contributed by atoms with Gasteiger partial charge < -0.3 is 0 Å². The van der Waals surface area contributed by atoms with Crippen molar-refractivity contribution < 1.29 is 17.2 Å². The van der Waals surface area contributed by atoms with Gasteiger partial charge in [0.05, 0.1) is 11.9 Å². The molecule has 0 radical (unpaired) electrons. The second-order valence-electron chi connectivity index (χ2n) is 2.67. The zero-order valence-corrected chi connectivity index (χ0v) is 7.61. The van der Waals surface area contributed by atoms with Crippen LogP contribution in [0.4, 0.5) is 8.78 Å². The highest BCUT2D eigenvalue weighted by molar-refractivity contribution is 7.89. The normalized spacial score (nSPS) is 11.6. The summed E-state index contributed by atoms with van der Waals surface area (Å²) in [5.41, 5.74) is -0.248. The van der Waals surface area contributed by atoms with Crippen molar-refractivity contribution in [2.24, 2.45) is 0 Å². The van der Waals surface area contributed by atoms with Gasteiger partial charge >= 0.3 is 0 Å². The Morgan fingerprint density at radius 2 is 2.08 bits per heavy atom. The molecule has 0 saturated carbocycles. The predicted molar refractivity (Wildman–Crippen MR) is 42.7 cm³/mol. The van der Waals surface area contributed by atoms with Crippen molar-refractivity contribution in [1.29, 1.82) is 0 Å². The quantitative estimate of drug-likeness (QED) is 0.677. The molecule has 3 nitrogen and oxygen atoms in total. The number of halogens is 2. The van der Waals surface area contributed by atoms with E-state index in [-0.39, 0.29) is 5.56 Å². The van der Waals surface area contributed by atoms with Gasteiger partial charge in [0.15, 0.2) is 9.84 Å². The largest absolute Gasteiger partial charge is 0.229 e. The Morgan fingerprint density at radius 3 is 2.62 bits per heavy atom. The smallest absolute Gasteiger partial charge is 0.217 e. The molecular weight excluding hydrogens is 200 g/mol. The van der Waals surface area contributed by atoms with E-state index in [2.05, 4.69) is 4.98 Å². The average molecular weight is 207 g/mol. The molecule has 1 heterocycles. The van der Waals surface area contributed by atoms with Crippen LogP contribution in [0.5, 0.6) is 0 Å². The summed E-state index contributed by atoms with van der Waals surface area (Å²) in [5, 5.41) is 0. The summed E-state index contributed by atoms with van der Waals surface area (Å²) in [6.07, 6.45) is 1.64. The third kappa shape index (κ3) is 3.06. The molecule has 0 saturated heterocycles. The van der Waals surface area contributed by atoms with Crippen molar-refractivity contribution >= 4 is 9.84 Å². The maximum absolute atomic E-state index is 12.8. The molecule has 0 atom stereocenters. The van der Waals surface area contributed by atoms with Crippen molar-refractivity contribution in [3.05, 3.63) is 29.6 Å². The van der Waals surface area contributed by atoms with E-state index in [1.807, 2.05) is 0 Å². The summed E-state index contributed by atoms with van der Waals surface area (Å²) in [5.74, 6) is -2.24. The van der Waals surface area contributed by atoms with Crippen LogP contribution in [-0.4, -0.2) is 19.7 Å². The van der Waals surface area contributed by atoms with Crippen LogP contribution < -0.4 is 0 Å². The van der Waals surface area contributed by atoms with Crippen molar-refractivity contribution in [2.75, 3.05) is 6.26 Å². The maximum atomic E-state index is 12.8. The molecule has 0 fully saturated rings. The first kappa shape index (κ1) is 10.0. The van der Waals surface area contributed by atoms with Crippen LogP contribution >= 0.6 is 0 Å². The number of sulfone groups is 1. The van der Waals surface area contributed by atoms with Gasteiger partial charge in [-0.15, -0.1) is 0 Å². The van der Waals surface area contributed by atoms with Gasteiger partial charge in [-0.05, 0) is 6.07 Å². The van der Waals surface area contributed by atoms with Crippen LogP contribution in [0.1, 0.15) is 5.56 Å². The Labute approximate surface area is 74.3 Å². The Morgan fingerprint density at radius 1 is 1.46 bits per heavy atom. The van der Waals surface area contributed by atoms with E-state index >= 15 is 0 Å². The molecule has 1 rings (SSSR count). The van der Waals surface area contributed by atoms with E-state index in [9.17, 15) is 17.2 Å². The zero-order valence-electron chi connectivity index (χ0n) is 6.79. The number of hydrogen-bond acceptors (Lipinski definition) is 3. The molecule has 0 bridgehead atoms. The summed E-state index contributed by atoms with van der Waals surface area (Å²) < 4.78 is 46.8. The van der Waals surface area contributed by atoms with Gasteiger partial charge in [-0.1, -0.05) is 0 Å². The second-order valence-corrected chi connectivity index (χ2v) is 4.81. The lowest BCUT2D eigenvalue weighted by atomic mass is 10.3.